The SMILES string of the molecule is CCC1CCCCCN1CC1CC(C)(C)CCC1N. The third kappa shape index (κ3) is 4.19. The van der Waals surface area contributed by atoms with Crippen LogP contribution >= 0.6 is 0 Å². The zero-order valence-corrected chi connectivity index (χ0v) is 13.3. The van der Waals surface area contributed by atoms with Gasteiger partial charge in [-0.25, -0.2) is 0 Å². The molecule has 1 saturated carbocycles. The van der Waals surface area contributed by atoms with E-state index in [1.807, 2.05) is 0 Å². The van der Waals surface area contributed by atoms with Crippen LogP contribution in [-0.4, -0.2) is 30.1 Å². The van der Waals surface area contributed by atoms with E-state index < -0.39 is 0 Å². The van der Waals surface area contributed by atoms with Crippen molar-refractivity contribution in [2.24, 2.45) is 17.1 Å². The van der Waals surface area contributed by atoms with Gasteiger partial charge in [0.1, 0.15) is 0 Å². The van der Waals surface area contributed by atoms with Gasteiger partial charge in [0.15, 0.2) is 0 Å². The number of nitrogens with zero attached hydrogens (tertiary/aromatic N) is 1. The second-order valence-electron chi connectivity index (χ2n) is 7.74. The molecule has 2 heteroatoms. The maximum absolute atomic E-state index is 6.42. The molecule has 0 spiro atoms. The highest BCUT2D eigenvalue weighted by Crippen LogP contribution is 2.38. The first-order chi connectivity index (χ1) is 9.02. The summed E-state index contributed by atoms with van der Waals surface area (Å²) in [6.45, 7) is 9.76. The highest BCUT2D eigenvalue weighted by atomic mass is 15.2. The highest BCUT2D eigenvalue weighted by Gasteiger charge is 2.34. The monoisotopic (exact) mass is 266 g/mol. The summed E-state index contributed by atoms with van der Waals surface area (Å²) in [7, 11) is 0. The Morgan fingerprint density at radius 2 is 1.95 bits per heavy atom. The molecule has 0 amide bonds. The fraction of sp³-hybridized carbons (Fsp3) is 1.00. The van der Waals surface area contributed by atoms with Crippen LogP contribution in [0.4, 0.5) is 0 Å². The predicted octanol–water partition coefficient (Wildman–Crippen LogP) is 3.79. The Bertz CT molecular complexity index is 274. The van der Waals surface area contributed by atoms with E-state index in [1.165, 1.54) is 64.5 Å². The summed E-state index contributed by atoms with van der Waals surface area (Å²) in [6.07, 6.45) is 10.8. The Labute approximate surface area is 120 Å². The Morgan fingerprint density at radius 3 is 2.68 bits per heavy atom. The molecule has 3 unspecified atom stereocenters. The topological polar surface area (TPSA) is 29.3 Å². The molecule has 112 valence electrons. The predicted molar refractivity (Wildman–Crippen MR) is 83.2 cm³/mol. The van der Waals surface area contributed by atoms with E-state index in [4.69, 9.17) is 5.73 Å². The largest absolute Gasteiger partial charge is 0.327 e. The Morgan fingerprint density at radius 1 is 1.16 bits per heavy atom. The van der Waals surface area contributed by atoms with E-state index in [1.54, 1.807) is 0 Å². The standard InChI is InChI=1S/C17H34N2/c1-4-15-8-6-5-7-11-19(15)13-14-12-17(2,3)10-9-16(14)18/h14-16H,4-13,18H2,1-3H3. The molecule has 1 aliphatic carbocycles. The maximum Gasteiger partial charge on any atom is 0.00927 e. The van der Waals surface area contributed by atoms with Gasteiger partial charge < -0.3 is 10.6 Å². The minimum Gasteiger partial charge on any atom is -0.327 e. The van der Waals surface area contributed by atoms with Gasteiger partial charge >= 0.3 is 0 Å². The van der Waals surface area contributed by atoms with Gasteiger partial charge in [0, 0.05) is 18.6 Å². The minimum atomic E-state index is 0.439. The number of nitrogens with two attached hydrogens (primary N) is 1. The fourth-order valence-electron chi connectivity index (χ4n) is 4.20. The van der Waals surface area contributed by atoms with Crippen LogP contribution in [0, 0.1) is 11.3 Å². The zero-order chi connectivity index (χ0) is 13.9. The third-order valence-electron chi connectivity index (χ3n) is 5.51. The number of likely N-dealkylation sites (tertiary alicyclic amines) is 1. The number of rotatable bonds is 3. The van der Waals surface area contributed by atoms with E-state index in [9.17, 15) is 0 Å². The van der Waals surface area contributed by atoms with Gasteiger partial charge in [-0.3, -0.25) is 0 Å². The average molecular weight is 266 g/mol. The summed E-state index contributed by atoms with van der Waals surface area (Å²) >= 11 is 0. The molecular formula is C17H34N2. The molecule has 0 bridgehead atoms. The van der Waals surface area contributed by atoms with Crippen molar-refractivity contribution in [3.8, 4) is 0 Å². The average Bonchev–Trinajstić information content (AvgIpc) is 2.58. The molecule has 2 aliphatic rings. The Balaban J connectivity index is 1.96. The van der Waals surface area contributed by atoms with Crippen LogP contribution in [-0.2, 0) is 0 Å². The van der Waals surface area contributed by atoms with Crippen LogP contribution in [0.25, 0.3) is 0 Å². The van der Waals surface area contributed by atoms with E-state index >= 15 is 0 Å². The lowest BCUT2D eigenvalue weighted by atomic mass is 9.70. The molecule has 1 aliphatic heterocycles. The Kier molecular flexibility index (Phi) is 5.30. The summed E-state index contributed by atoms with van der Waals surface area (Å²) < 4.78 is 0. The molecule has 1 saturated heterocycles. The summed E-state index contributed by atoms with van der Waals surface area (Å²) in [5, 5.41) is 0. The molecule has 2 fully saturated rings. The maximum atomic E-state index is 6.42. The molecule has 0 aromatic heterocycles. The molecule has 3 atom stereocenters. The zero-order valence-electron chi connectivity index (χ0n) is 13.3. The van der Waals surface area contributed by atoms with Gasteiger partial charge in [-0.1, -0.05) is 33.6 Å². The second kappa shape index (κ2) is 6.58. The minimum absolute atomic E-state index is 0.439. The molecule has 1 heterocycles. The van der Waals surface area contributed by atoms with Crippen LogP contribution < -0.4 is 5.73 Å². The molecule has 2 rings (SSSR count). The summed E-state index contributed by atoms with van der Waals surface area (Å²) in [6, 6.07) is 1.26. The van der Waals surface area contributed by atoms with E-state index in [0.29, 0.717) is 11.5 Å². The van der Waals surface area contributed by atoms with Crippen LogP contribution in [0.1, 0.15) is 72.1 Å². The van der Waals surface area contributed by atoms with Gasteiger partial charge in [0.25, 0.3) is 0 Å². The number of hydrogen-bond donors (Lipinski definition) is 1. The van der Waals surface area contributed by atoms with Crippen molar-refractivity contribution in [3.63, 3.8) is 0 Å². The van der Waals surface area contributed by atoms with Crippen molar-refractivity contribution in [2.75, 3.05) is 13.1 Å². The highest BCUT2D eigenvalue weighted by molar-refractivity contribution is 4.89. The first-order valence-corrected chi connectivity index (χ1v) is 8.51. The first-order valence-electron chi connectivity index (χ1n) is 8.51. The summed E-state index contributed by atoms with van der Waals surface area (Å²) in [4.78, 5) is 2.78. The lowest BCUT2D eigenvalue weighted by molar-refractivity contribution is 0.0925. The van der Waals surface area contributed by atoms with Crippen molar-refractivity contribution in [1.29, 1.82) is 0 Å². The first kappa shape index (κ1) is 15.3. The van der Waals surface area contributed by atoms with Gasteiger partial charge in [-0.15, -0.1) is 0 Å². The molecule has 2 nitrogen and oxygen atoms in total. The van der Waals surface area contributed by atoms with Crippen LogP contribution in [0.15, 0.2) is 0 Å². The Hall–Kier alpha value is -0.0800. The summed E-state index contributed by atoms with van der Waals surface area (Å²) in [5.41, 5.74) is 6.92. The number of hydrogen-bond acceptors (Lipinski definition) is 2. The molecular weight excluding hydrogens is 232 g/mol. The smallest absolute Gasteiger partial charge is 0.00927 e. The quantitative estimate of drug-likeness (QED) is 0.842. The third-order valence-corrected chi connectivity index (χ3v) is 5.51. The molecule has 19 heavy (non-hydrogen) atoms. The molecule has 0 aromatic carbocycles. The fourth-order valence-corrected chi connectivity index (χ4v) is 4.20. The van der Waals surface area contributed by atoms with Crippen molar-refractivity contribution in [1.82, 2.24) is 4.90 Å². The summed E-state index contributed by atoms with van der Waals surface area (Å²) in [5.74, 6) is 0.718. The van der Waals surface area contributed by atoms with Crippen LogP contribution in [0.2, 0.25) is 0 Å². The molecule has 2 N–H and O–H groups in total. The van der Waals surface area contributed by atoms with Crippen molar-refractivity contribution < 1.29 is 0 Å². The lowest BCUT2D eigenvalue weighted by Crippen LogP contribution is -2.47. The van der Waals surface area contributed by atoms with Crippen LogP contribution in [0.5, 0.6) is 0 Å². The van der Waals surface area contributed by atoms with Crippen LogP contribution in [0.3, 0.4) is 0 Å². The van der Waals surface area contributed by atoms with E-state index in [2.05, 4.69) is 25.7 Å². The van der Waals surface area contributed by atoms with Gasteiger partial charge in [0.05, 0.1) is 0 Å². The van der Waals surface area contributed by atoms with Crippen molar-refractivity contribution in [3.05, 3.63) is 0 Å². The second-order valence-corrected chi connectivity index (χ2v) is 7.74. The van der Waals surface area contributed by atoms with Gasteiger partial charge in [-0.2, -0.15) is 0 Å². The molecule has 0 aromatic rings. The van der Waals surface area contributed by atoms with Crippen molar-refractivity contribution in [2.45, 2.75) is 84.2 Å². The lowest BCUT2D eigenvalue weighted by Gasteiger charge is -2.42. The normalized spacial score (nSPS) is 36.9. The van der Waals surface area contributed by atoms with Gasteiger partial charge in [-0.05, 0) is 56.4 Å². The van der Waals surface area contributed by atoms with E-state index in [0.717, 1.165) is 12.0 Å². The van der Waals surface area contributed by atoms with Crippen molar-refractivity contribution >= 4 is 0 Å². The van der Waals surface area contributed by atoms with E-state index in [-0.39, 0.29) is 0 Å². The molecule has 0 radical (unpaired) electrons. The van der Waals surface area contributed by atoms with Gasteiger partial charge in [0.2, 0.25) is 0 Å².